The number of rotatable bonds is 8. The van der Waals surface area contributed by atoms with Crippen LogP contribution in [0, 0.1) is 0 Å². The summed E-state index contributed by atoms with van der Waals surface area (Å²) < 4.78 is 24.0. The van der Waals surface area contributed by atoms with Crippen molar-refractivity contribution < 1.29 is 18.3 Å². The average Bonchev–Trinajstić information content (AvgIpc) is 3.53. The lowest BCUT2D eigenvalue weighted by Crippen LogP contribution is -2.36. The summed E-state index contributed by atoms with van der Waals surface area (Å²) in [6.45, 7) is 13.8. The summed E-state index contributed by atoms with van der Waals surface area (Å²) >= 11 is 0. The van der Waals surface area contributed by atoms with Gasteiger partial charge >= 0.3 is 0 Å². The van der Waals surface area contributed by atoms with E-state index < -0.39 is 16.1 Å². The number of ether oxygens (including phenoxy) is 2. The first-order valence-corrected chi connectivity index (χ1v) is 19.3. The highest BCUT2D eigenvalue weighted by Gasteiger charge is 2.27. The van der Waals surface area contributed by atoms with E-state index in [0.717, 1.165) is 56.1 Å². The molecule has 0 bridgehead atoms. The monoisotopic (exact) mass is 516 g/mol. The van der Waals surface area contributed by atoms with E-state index in [1.165, 1.54) is 0 Å². The Morgan fingerprint density at radius 2 is 0.833 bits per heavy atom. The molecule has 4 nitrogen and oxygen atoms in total. The largest absolute Gasteiger partial charge is 0.497 e. The van der Waals surface area contributed by atoms with Crippen LogP contribution in [0.4, 0.5) is 0 Å². The van der Waals surface area contributed by atoms with Gasteiger partial charge in [0, 0.05) is 11.1 Å². The minimum Gasteiger partial charge on any atom is -0.497 e. The normalized spacial score (nSPS) is 12.9. The Hall–Kier alpha value is -3.23. The highest BCUT2D eigenvalue weighted by atomic mass is 28.3. The van der Waals surface area contributed by atoms with Gasteiger partial charge in [-0.3, -0.25) is 0 Å². The van der Waals surface area contributed by atoms with Crippen molar-refractivity contribution in [3.63, 3.8) is 0 Å². The van der Waals surface area contributed by atoms with Crippen LogP contribution >= 0.6 is 0 Å². The molecule has 0 aliphatic rings. The lowest BCUT2D eigenvalue weighted by molar-refractivity contribution is 0.414. The lowest BCUT2D eigenvalue weighted by atomic mass is 9.91. The van der Waals surface area contributed by atoms with E-state index in [2.05, 4.69) is 87.8 Å². The topological polar surface area (TPSA) is 44.7 Å². The summed E-state index contributed by atoms with van der Waals surface area (Å²) in [6, 6.07) is 24.7. The third kappa shape index (κ3) is 5.45. The van der Waals surface area contributed by atoms with E-state index in [9.17, 15) is 0 Å². The van der Waals surface area contributed by atoms with E-state index in [-0.39, 0.29) is 0 Å². The maximum absolute atomic E-state index is 6.58. The van der Waals surface area contributed by atoms with Crippen LogP contribution in [0.25, 0.3) is 11.1 Å². The van der Waals surface area contributed by atoms with Crippen molar-refractivity contribution in [1.82, 2.24) is 0 Å². The number of benzene rings is 2. The number of hydrogen-bond donors (Lipinski definition) is 0. The zero-order valence-corrected chi connectivity index (χ0v) is 24.6. The molecule has 0 aliphatic heterocycles. The molecular weight excluding hydrogens is 480 g/mol. The second-order valence-electron chi connectivity index (χ2n) is 11.0. The van der Waals surface area contributed by atoms with Crippen LogP contribution in [-0.4, -0.2) is 30.4 Å². The maximum atomic E-state index is 6.58. The average molecular weight is 517 g/mol. The van der Waals surface area contributed by atoms with Gasteiger partial charge in [0.1, 0.15) is 39.2 Å². The molecule has 0 saturated carbocycles. The Kier molecular flexibility index (Phi) is 7.20. The number of methoxy groups -OCH3 is 2. The fraction of sp³-hybridized carbons (Fsp3) is 0.267. The fourth-order valence-electron chi connectivity index (χ4n) is 4.09. The van der Waals surface area contributed by atoms with Gasteiger partial charge < -0.3 is 18.3 Å². The predicted molar refractivity (Wildman–Crippen MR) is 154 cm³/mol. The lowest BCUT2D eigenvalue weighted by Gasteiger charge is -2.17. The smallest absolute Gasteiger partial charge is 0.134 e. The zero-order valence-electron chi connectivity index (χ0n) is 22.6. The summed E-state index contributed by atoms with van der Waals surface area (Å²) in [5, 5.41) is 2.14. The second kappa shape index (κ2) is 10.0. The molecule has 0 spiro atoms. The molecule has 6 heteroatoms. The third-order valence-electron chi connectivity index (χ3n) is 6.19. The zero-order chi connectivity index (χ0) is 26.1. The molecule has 188 valence electrons. The predicted octanol–water partition coefficient (Wildman–Crippen LogP) is 6.99. The van der Waals surface area contributed by atoms with Gasteiger partial charge in [-0.15, -0.1) is 0 Å². The Bertz CT molecular complexity index is 1240. The molecule has 0 atom stereocenters. The van der Waals surface area contributed by atoms with Crippen LogP contribution in [0.2, 0.25) is 39.3 Å². The molecule has 0 N–H and O–H groups in total. The van der Waals surface area contributed by atoms with Gasteiger partial charge in [0.15, 0.2) is 0 Å². The van der Waals surface area contributed by atoms with E-state index >= 15 is 0 Å². The summed E-state index contributed by atoms with van der Waals surface area (Å²) in [7, 11) is 0.0769. The first-order chi connectivity index (χ1) is 17.0. The van der Waals surface area contributed by atoms with Gasteiger partial charge in [0.2, 0.25) is 0 Å². The van der Waals surface area contributed by atoms with E-state index in [4.69, 9.17) is 18.3 Å². The van der Waals surface area contributed by atoms with Crippen molar-refractivity contribution >= 4 is 38.1 Å². The van der Waals surface area contributed by atoms with Crippen molar-refractivity contribution in [2.45, 2.75) is 39.3 Å². The quantitative estimate of drug-likeness (QED) is 0.187. The molecule has 4 aromatic rings. The first-order valence-electron chi connectivity index (χ1n) is 12.3. The Balaban J connectivity index is 2.05. The van der Waals surface area contributed by atoms with Crippen molar-refractivity contribution in [3.8, 4) is 11.5 Å². The standard InChI is InChI=1S/C30H36O4Si2/c1-31-23-13-9-21(10-14-23)29(25-17-19-27(33-25)35(3,4)5)30(22-11-15-24(32-2)16-12-22)26-18-20-28(34-26)36(6,7)8/h9-20H,1-8H3/b30-29-. The highest BCUT2D eigenvalue weighted by molar-refractivity contribution is 6.88. The molecule has 0 unspecified atom stereocenters. The Morgan fingerprint density at radius 1 is 0.500 bits per heavy atom. The van der Waals surface area contributed by atoms with Gasteiger partial charge in [-0.1, -0.05) is 63.5 Å². The van der Waals surface area contributed by atoms with Crippen molar-refractivity contribution in [3.05, 3.63) is 95.4 Å². The molecule has 4 rings (SSSR count). The van der Waals surface area contributed by atoms with Crippen LogP contribution in [0.1, 0.15) is 22.6 Å². The van der Waals surface area contributed by atoms with Crippen LogP contribution in [0.3, 0.4) is 0 Å². The third-order valence-corrected chi connectivity index (χ3v) is 9.68. The van der Waals surface area contributed by atoms with Crippen LogP contribution in [0.15, 0.2) is 81.6 Å². The Morgan fingerprint density at radius 3 is 1.08 bits per heavy atom. The minimum absolute atomic E-state index is 0.811. The summed E-state index contributed by atoms with van der Waals surface area (Å²) in [4.78, 5) is 0. The maximum Gasteiger partial charge on any atom is 0.134 e. The van der Waals surface area contributed by atoms with Crippen LogP contribution in [-0.2, 0) is 0 Å². The van der Waals surface area contributed by atoms with Crippen molar-refractivity contribution in [1.29, 1.82) is 0 Å². The molecule has 0 amide bonds. The summed E-state index contributed by atoms with van der Waals surface area (Å²) in [6.07, 6.45) is 0. The van der Waals surface area contributed by atoms with Gasteiger partial charge in [-0.25, -0.2) is 0 Å². The molecule has 0 saturated heterocycles. The van der Waals surface area contributed by atoms with Gasteiger partial charge in [0.25, 0.3) is 0 Å². The molecule has 0 fully saturated rings. The molecule has 2 heterocycles. The van der Waals surface area contributed by atoms with E-state index in [0.29, 0.717) is 0 Å². The molecule has 0 aliphatic carbocycles. The van der Waals surface area contributed by atoms with E-state index in [1.807, 2.05) is 24.3 Å². The number of hydrogen-bond acceptors (Lipinski definition) is 4. The molecule has 2 aromatic carbocycles. The van der Waals surface area contributed by atoms with Gasteiger partial charge in [-0.2, -0.15) is 0 Å². The highest BCUT2D eigenvalue weighted by Crippen LogP contribution is 2.38. The van der Waals surface area contributed by atoms with Gasteiger partial charge in [0.05, 0.1) is 25.0 Å². The summed E-state index contributed by atoms with van der Waals surface area (Å²) in [5.74, 6) is 3.28. The fourth-order valence-corrected chi connectivity index (χ4v) is 6.08. The minimum atomic E-state index is -1.64. The Labute approximate surface area is 216 Å². The molecular formula is C30H36O4Si2. The van der Waals surface area contributed by atoms with Crippen LogP contribution in [0.5, 0.6) is 11.5 Å². The first kappa shape index (κ1) is 25.9. The van der Waals surface area contributed by atoms with Crippen molar-refractivity contribution in [2.24, 2.45) is 0 Å². The SMILES string of the molecule is COc1ccc(/C(=C(\c2ccc(OC)cc2)c2ccc([Si](C)(C)C)o2)c2ccc([Si](C)(C)C)o2)cc1. The molecule has 36 heavy (non-hydrogen) atoms. The summed E-state index contributed by atoms with van der Waals surface area (Å²) in [5.41, 5.74) is 4.04. The van der Waals surface area contributed by atoms with E-state index in [1.54, 1.807) is 14.2 Å². The number of furan rings is 2. The van der Waals surface area contributed by atoms with Gasteiger partial charge in [-0.05, 0) is 59.7 Å². The molecule has 0 radical (unpaired) electrons. The van der Waals surface area contributed by atoms with Crippen molar-refractivity contribution in [2.75, 3.05) is 14.2 Å². The van der Waals surface area contributed by atoms with Crippen LogP contribution < -0.4 is 20.2 Å². The second-order valence-corrected chi connectivity index (χ2v) is 21.0. The molecule has 2 aromatic heterocycles.